The van der Waals surface area contributed by atoms with Crippen LogP contribution in [0.4, 0.5) is 0 Å². The van der Waals surface area contributed by atoms with E-state index in [1.54, 1.807) is 154 Å². The van der Waals surface area contributed by atoms with Gasteiger partial charge < -0.3 is 0 Å². The smallest absolute Gasteiger partial charge is 0 e. The molecule has 0 atom stereocenters. The van der Waals surface area contributed by atoms with Gasteiger partial charge in [0.15, 0.2) is 0 Å². The Morgan fingerprint density at radius 3 is 0.462 bits per heavy atom. The molecule has 6 aliphatic carbocycles. The van der Waals surface area contributed by atoms with E-state index in [2.05, 4.69) is 0 Å². The van der Waals surface area contributed by atoms with Gasteiger partial charge in [-0.1, -0.05) is 131 Å². The zero-order valence-electron chi connectivity index (χ0n) is 25.9. The molecular weight excluding hydrogens is 689 g/mol. The first-order chi connectivity index (χ1) is 18.9. The SMILES string of the molecule is C1CCC(P(C2CCCCC2)C2CCCCC2)CC1.C1CCC(P(C2CCCCC2)C2CCCCC2)CC1.[Pt]. The monoisotopic (exact) mass is 755 g/mol. The molecular formula is C36H66P2Pt. The average Bonchev–Trinajstić information content (AvgIpc) is 3.01. The Morgan fingerprint density at radius 1 is 0.205 bits per heavy atom. The molecule has 6 fully saturated rings. The minimum absolute atomic E-state index is 0. The van der Waals surface area contributed by atoms with Gasteiger partial charge in [-0.3, -0.25) is 0 Å². The minimum Gasteiger partial charge on any atom is -0.0971 e. The first-order valence-electron chi connectivity index (χ1n) is 18.4. The maximum atomic E-state index is 1.61. The van der Waals surface area contributed by atoms with E-state index in [-0.39, 0.29) is 21.1 Å². The standard InChI is InChI=1S/2C18H33P.Pt/c2*1-4-10-16(11-5-1)19(17-12-6-2-7-13-17)18-14-8-3-9-15-18;/h2*16-18H,1-15H2;. The van der Waals surface area contributed by atoms with Gasteiger partial charge in [0.2, 0.25) is 0 Å². The third-order valence-corrected chi connectivity index (χ3v) is 20.1. The van der Waals surface area contributed by atoms with Crippen LogP contribution in [0.5, 0.6) is 0 Å². The summed E-state index contributed by atoms with van der Waals surface area (Å²) in [5.74, 6) is 0. The van der Waals surface area contributed by atoms with Crippen molar-refractivity contribution in [2.75, 3.05) is 0 Å². The van der Waals surface area contributed by atoms with Crippen LogP contribution in [0, 0.1) is 0 Å². The Balaban J connectivity index is 0.000000176. The molecule has 0 heterocycles. The predicted molar refractivity (Wildman–Crippen MR) is 175 cm³/mol. The van der Waals surface area contributed by atoms with Gasteiger partial charge >= 0.3 is 0 Å². The van der Waals surface area contributed by atoms with Gasteiger partial charge in [0.1, 0.15) is 0 Å². The quantitative estimate of drug-likeness (QED) is 0.237. The molecule has 6 rings (SSSR count). The van der Waals surface area contributed by atoms with E-state index in [9.17, 15) is 0 Å². The van der Waals surface area contributed by atoms with Crippen molar-refractivity contribution in [1.29, 1.82) is 0 Å². The van der Waals surface area contributed by atoms with Gasteiger partial charge in [0.05, 0.1) is 0 Å². The summed E-state index contributed by atoms with van der Waals surface area (Å²) in [7, 11) is 0.770. The van der Waals surface area contributed by atoms with Crippen molar-refractivity contribution in [3.05, 3.63) is 0 Å². The second kappa shape index (κ2) is 19.0. The molecule has 230 valence electrons. The summed E-state index contributed by atoms with van der Waals surface area (Å²) in [6, 6.07) is 0. The van der Waals surface area contributed by atoms with Gasteiger partial charge in [-0.25, -0.2) is 0 Å². The number of rotatable bonds is 6. The van der Waals surface area contributed by atoms with Crippen LogP contribution in [0.1, 0.15) is 193 Å². The first-order valence-corrected chi connectivity index (χ1v) is 21.5. The Morgan fingerprint density at radius 2 is 0.333 bits per heavy atom. The van der Waals surface area contributed by atoms with Crippen LogP contribution < -0.4 is 0 Å². The van der Waals surface area contributed by atoms with Crippen molar-refractivity contribution in [3.63, 3.8) is 0 Å². The van der Waals surface area contributed by atoms with Crippen LogP contribution in [0.15, 0.2) is 0 Å². The zero-order chi connectivity index (χ0) is 25.8. The maximum Gasteiger partial charge on any atom is 0 e. The average molecular weight is 756 g/mol. The molecule has 0 spiro atoms. The number of hydrogen-bond acceptors (Lipinski definition) is 0. The van der Waals surface area contributed by atoms with Gasteiger partial charge in [-0.2, -0.15) is 0 Å². The van der Waals surface area contributed by atoms with E-state index in [0.29, 0.717) is 15.8 Å². The van der Waals surface area contributed by atoms with E-state index in [1.165, 1.54) is 72.5 Å². The molecule has 3 heteroatoms. The van der Waals surface area contributed by atoms with Crippen molar-refractivity contribution < 1.29 is 21.1 Å². The maximum absolute atomic E-state index is 1.61. The molecule has 0 radical (unpaired) electrons. The normalized spacial score (nSPS) is 28.2. The van der Waals surface area contributed by atoms with E-state index >= 15 is 0 Å². The van der Waals surface area contributed by atoms with Crippen molar-refractivity contribution in [3.8, 4) is 0 Å². The fourth-order valence-corrected chi connectivity index (χ4v) is 19.4. The third-order valence-electron chi connectivity index (χ3n) is 12.0. The predicted octanol–water partition coefficient (Wildman–Crippen LogP) is 12.9. The van der Waals surface area contributed by atoms with E-state index in [4.69, 9.17) is 0 Å². The summed E-state index contributed by atoms with van der Waals surface area (Å²) in [5.41, 5.74) is 7.14. The van der Waals surface area contributed by atoms with Crippen LogP contribution in [0.3, 0.4) is 0 Å². The van der Waals surface area contributed by atoms with Crippen molar-refractivity contribution >= 4 is 15.8 Å². The topological polar surface area (TPSA) is 0 Å². The van der Waals surface area contributed by atoms with Crippen LogP contribution in [-0.4, -0.2) is 34.0 Å². The summed E-state index contributed by atoms with van der Waals surface area (Å²) >= 11 is 0. The van der Waals surface area contributed by atoms with Crippen LogP contribution in [0.25, 0.3) is 0 Å². The molecule has 0 saturated heterocycles. The molecule has 0 aromatic heterocycles. The van der Waals surface area contributed by atoms with Gasteiger partial charge in [-0.05, 0) is 111 Å². The molecule has 0 aliphatic heterocycles. The largest absolute Gasteiger partial charge is 0.0971 e. The van der Waals surface area contributed by atoms with Crippen LogP contribution in [-0.2, 0) is 21.1 Å². The molecule has 0 amide bonds. The summed E-state index contributed by atoms with van der Waals surface area (Å²) in [5, 5.41) is 0. The van der Waals surface area contributed by atoms with Crippen molar-refractivity contribution in [2.45, 2.75) is 227 Å². The van der Waals surface area contributed by atoms with Crippen molar-refractivity contribution in [2.24, 2.45) is 0 Å². The molecule has 39 heavy (non-hydrogen) atoms. The van der Waals surface area contributed by atoms with Gasteiger partial charge in [0.25, 0.3) is 0 Å². The molecule has 0 aromatic rings. The Labute approximate surface area is 262 Å². The first kappa shape index (κ1) is 33.4. The minimum atomic E-state index is 0. The molecule has 6 aliphatic rings. The molecule has 0 aromatic carbocycles. The fraction of sp³-hybridized carbons (Fsp3) is 1.00. The molecule has 0 N–H and O–H groups in total. The van der Waals surface area contributed by atoms with Crippen LogP contribution >= 0.6 is 15.8 Å². The van der Waals surface area contributed by atoms with Gasteiger partial charge in [0, 0.05) is 21.1 Å². The molecule has 6 saturated carbocycles. The van der Waals surface area contributed by atoms with Crippen LogP contribution in [0.2, 0.25) is 0 Å². The Bertz CT molecular complexity index is 464. The van der Waals surface area contributed by atoms with E-state index in [0.717, 1.165) is 0 Å². The van der Waals surface area contributed by atoms with Crippen molar-refractivity contribution in [1.82, 2.24) is 0 Å². The summed E-state index contributed by atoms with van der Waals surface area (Å²) in [4.78, 5) is 0. The second-order valence-electron chi connectivity index (χ2n) is 14.6. The molecule has 0 bridgehead atoms. The number of hydrogen-bond donors (Lipinski definition) is 0. The zero-order valence-corrected chi connectivity index (χ0v) is 29.9. The van der Waals surface area contributed by atoms with E-state index < -0.39 is 0 Å². The summed E-state index contributed by atoms with van der Waals surface area (Å²) in [6.07, 6.45) is 47.2. The third kappa shape index (κ3) is 10.3. The second-order valence-corrected chi connectivity index (χ2v) is 20.8. The van der Waals surface area contributed by atoms with Gasteiger partial charge in [-0.15, -0.1) is 0 Å². The summed E-state index contributed by atoms with van der Waals surface area (Å²) in [6.45, 7) is 0. The molecule has 0 nitrogen and oxygen atoms in total. The summed E-state index contributed by atoms with van der Waals surface area (Å²) < 4.78 is 0. The van der Waals surface area contributed by atoms with E-state index in [1.807, 2.05) is 0 Å². The fourth-order valence-electron chi connectivity index (χ4n) is 10.1. The molecule has 0 unspecified atom stereocenters. The Kier molecular flexibility index (Phi) is 16.3. The Hall–Kier alpha value is 1.55.